The summed E-state index contributed by atoms with van der Waals surface area (Å²) in [5.74, 6) is 0.143. The van der Waals surface area contributed by atoms with E-state index in [1.807, 2.05) is 0 Å². The number of hydrogen-bond acceptors (Lipinski definition) is 5. The second kappa shape index (κ2) is 6.51. The van der Waals surface area contributed by atoms with Crippen LogP contribution in [-0.4, -0.2) is 37.7 Å². The van der Waals surface area contributed by atoms with E-state index in [2.05, 4.69) is 10.3 Å². The van der Waals surface area contributed by atoms with Gasteiger partial charge in [0.2, 0.25) is 10.0 Å². The molecule has 0 saturated heterocycles. The van der Waals surface area contributed by atoms with Crippen LogP contribution in [0.15, 0.2) is 33.8 Å². The molecule has 0 saturated carbocycles. The van der Waals surface area contributed by atoms with Crippen LogP contribution in [0.3, 0.4) is 0 Å². The van der Waals surface area contributed by atoms with Crippen LogP contribution in [0.2, 0.25) is 0 Å². The Kier molecular flexibility index (Phi) is 4.86. The number of benzene rings is 1. The molecule has 0 bridgehead atoms. The van der Waals surface area contributed by atoms with E-state index in [4.69, 9.17) is 4.42 Å². The third-order valence-corrected chi connectivity index (χ3v) is 5.26. The molecule has 0 spiro atoms. The minimum atomic E-state index is -3.60. The quantitative estimate of drug-likeness (QED) is 0.892. The van der Waals surface area contributed by atoms with Gasteiger partial charge in [-0.3, -0.25) is 4.79 Å². The van der Waals surface area contributed by atoms with Gasteiger partial charge in [0.15, 0.2) is 5.89 Å². The average molecular weight is 337 g/mol. The molecular formula is C15H19N3O4S. The van der Waals surface area contributed by atoms with Crippen molar-refractivity contribution < 1.29 is 17.6 Å². The summed E-state index contributed by atoms with van der Waals surface area (Å²) in [6, 6.07) is 4.59. The Bertz CT molecular complexity index is 825. The zero-order chi connectivity index (χ0) is 17.2. The van der Waals surface area contributed by atoms with Crippen molar-refractivity contribution in [3.63, 3.8) is 0 Å². The van der Waals surface area contributed by atoms with Crippen LogP contribution in [0.4, 0.5) is 0 Å². The van der Waals surface area contributed by atoms with Crippen molar-refractivity contribution in [3.8, 4) is 0 Å². The summed E-state index contributed by atoms with van der Waals surface area (Å²) in [4.78, 5) is 16.4. The number of nitrogens with one attached hydrogen (secondary N) is 1. The molecule has 23 heavy (non-hydrogen) atoms. The zero-order valence-corrected chi connectivity index (χ0v) is 14.3. The van der Waals surface area contributed by atoms with E-state index in [1.54, 1.807) is 26.0 Å². The maximum absolute atomic E-state index is 12.3. The lowest BCUT2D eigenvalue weighted by atomic mass is 10.1. The van der Waals surface area contributed by atoms with Crippen molar-refractivity contribution in [2.24, 2.45) is 0 Å². The first-order valence-corrected chi connectivity index (χ1v) is 8.38. The summed E-state index contributed by atoms with van der Waals surface area (Å²) in [6.45, 7) is 3.61. The van der Waals surface area contributed by atoms with Crippen LogP contribution in [-0.2, 0) is 16.6 Å². The predicted molar refractivity (Wildman–Crippen MR) is 84.5 cm³/mol. The van der Waals surface area contributed by atoms with Gasteiger partial charge < -0.3 is 9.73 Å². The molecule has 0 fully saturated rings. The van der Waals surface area contributed by atoms with Gasteiger partial charge in [-0.2, -0.15) is 0 Å². The molecule has 0 unspecified atom stereocenters. The van der Waals surface area contributed by atoms with Crippen molar-refractivity contribution >= 4 is 15.9 Å². The molecule has 1 aromatic carbocycles. The first kappa shape index (κ1) is 17.2. The standard InChI is InChI=1S/C15H19N3O4S/c1-10-5-6-12(7-14(10)23(20,21)18(3)4)15(19)16-8-13-9-22-11(2)17-13/h5-7,9H,8H2,1-4H3,(H,16,19). The van der Waals surface area contributed by atoms with E-state index in [0.717, 1.165) is 4.31 Å². The Balaban J connectivity index is 2.21. The number of amides is 1. The minimum absolute atomic E-state index is 0.118. The van der Waals surface area contributed by atoms with Gasteiger partial charge >= 0.3 is 0 Å². The lowest BCUT2D eigenvalue weighted by molar-refractivity contribution is 0.0950. The van der Waals surface area contributed by atoms with Gasteiger partial charge in [-0.25, -0.2) is 17.7 Å². The number of aromatic nitrogens is 1. The smallest absolute Gasteiger partial charge is 0.251 e. The maximum atomic E-state index is 12.3. The molecule has 0 radical (unpaired) electrons. The summed E-state index contributed by atoms with van der Waals surface area (Å²) < 4.78 is 30.7. The summed E-state index contributed by atoms with van der Waals surface area (Å²) in [6.07, 6.45) is 1.46. The minimum Gasteiger partial charge on any atom is -0.449 e. The number of rotatable bonds is 5. The van der Waals surface area contributed by atoms with Crippen LogP contribution >= 0.6 is 0 Å². The first-order valence-electron chi connectivity index (χ1n) is 6.94. The molecule has 8 heteroatoms. The molecule has 124 valence electrons. The maximum Gasteiger partial charge on any atom is 0.251 e. The molecule has 0 atom stereocenters. The van der Waals surface area contributed by atoms with E-state index in [9.17, 15) is 13.2 Å². The Morgan fingerprint density at radius 2 is 2.00 bits per heavy atom. The normalized spacial score (nSPS) is 11.7. The van der Waals surface area contributed by atoms with Crippen LogP contribution in [0.1, 0.15) is 27.5 Å². The second-order valence-electron chi connectivity index (χ2n) is 5.31. The molecule has 1 aromatic heterocycles. The van der Waals surface area contributed by atoms with Gasteiger partial charge in [0.1, 0.15) is 6.26 Å². The van der Waals surface area contributed by atoms with E-state index in [-0.39, 0.29) is 22.9 Å². The highest BCUT2D eigenvalue weighted by Crippen LogP contribution is 2.19. The molecule has 1 amide bonds. The SMILES string of the molecule is Cc1nc(CNC(=O)c2ccc(C)c(S(=O)(=O)N(C)C)c2)co1. The fourth-order valence-electron chi connectivity index (χ4n) is 1.98. The Morgan fingerprint density at radius 3 is 2.57 bits per heavy atom. The lowest BCUT2D eigenvalue weighted by Gasteiger charge is -2.14. The van der Waals surface area contributed by atoms with Crippen LogP contribution in [0, 0.1) is 13.8 Å². The summed E-state index contributed by atoms with van der Waals surface area (Å²) in [5, 5.41) is 2.69. The van der Waals surface area contributed by atoms with E-state index in [1.165, 1.54) is 26.4 Å². The molecule has 2 rings (SSSR count). The Morgan fingerprint density at radius 1 is 1.30 bits per heavy atom. The average Bonchev–Trinajstić information content (AvgIpc) is 2.90. The highest BCUT2D eigenvalue weighted by Gasteiger charge is 2.21. The lowest BCUT2D eigenvalue weighted by Crippen LogP contribution is -2.25. The Hall–Kier alpha value is -2.19. The highest BCUT2D eigenvalue weighted by molar-refractivity contribution is 7.89. The summed E-state index contributed by atoms with van der Waals surface area (Å²) >= 11 is 0. The molecule has 0 aliphatic heterocycles. The van der Waals surface area contributed by atoms with E-state index < -0.39 is 10.0 Å². The highest BCUT2D eigenvalue weighted by atomic mass is 32.2. The van der Waals surface area contributed by atoms with Crippen molar-refractivity contribution in [2.45, 2.75) is 25.3 Å². The van der Waals surface area contributed by atoms with Crippen molar-refractivity contribution in [1.29, 1.82) is 0 Å². The third kappa shape index (κ3) is 3.77. The van der Waals surface area contributed by atoms with Crippen molar-refractivity contribution in [3.05, 3.63) is 47.2 Å². The third-order valence-electron chi connectivity index (χ3n) is 3.31. The second-order valence-corrected chi connectivity index (χ2v) is 7.43. The number of nitrogens with zero attached hydrogens (tertiary/aromatic N) is 2. The largest absolute Gasteiger partial charge is 0.449 e. The number of carbonyl (C=O) groups is 1. The van der Waals surface area contributed by atoms with Crippen molar-refractivity contribution in [1.82, 2.24) is 14.6 Å². The molecule has 1 N–H and O–H groups in total. The number of aryl methyl sites for hydroxylation is 2. The first-order chi connectivity index (χ1) is 10.7. The number of hydrogen-bond donors (Lipinski definition) is 1. The van der Waals surface area contributed by atoms with Crippen LogP contribution < -0.4 is 5.32 Å². The van der Waals surface area contributed by atoms with Gasteiger partial charge in [0.05, 0.1) is 17.1 Å². The van der Waals surface area contributed by atoms with Gasteiger partial charge in [-0.15, -0.1) is 0 Å². The van der Waals surface area contributed by atoms with Gasteiger partial charge in [0.25, 0.3) is 5.91 Å². The summed E-state index contributed by atoms with van der Waals surface area (Å²) in [5.41, 5.74) is 1.46. The summed E-state index contributed by atoms with van der Waals surface area (Å²) in [7, 11) is -0.696. The molecular weight excluding hydrogens is 318 g/mol. The van der Waals surface area contributed by atoms with Crippen LogP contribution in [0.5, 0.6) is 0 Å². The predicted octanol–water partition coefficient (Wildman–Crippen LogP) is 1.47. The fourth-order valence-corrected chi connectivity index (χ4v) is 3.12. The molecule has 2 aromatic rings. The monoisotopic (exact) mass is 337 g/mol. The number of carbonyl (C=O) groups excluding carboxylic acids is 1. The van der Waals surface area contributed by atoms with Gasteiger partial charge in [0, 0.05) is 26.6 Å². The molecule has 0 aliphatic rings. The van der Waals surface area contributed by atoms with E-state index in [0.29, 0.717) is 17.1 Å². The molecule has 7 nitrogen and oxygen atoms in total. The van der Waals surface area contributed by atoms with Crippen molar-refractivity contribution in [2.75, 3.05) is 14.1 Å². The van der Waals surface area contributed by atoms with Gasteiger partial charge in [-0.1, -0.05) is 6.07 Å². The van der Waals surface area contributed by atoms with Crippen LogP contribution in [0.25, 0.3) is 0 Å². The number of oxazole rings is 1. The molecule has 1 heterocycles. The fraction of sp³-hybridized carbons (Fsp3) is 0.333. The Labute approximate surface area is 135 Å². The topological polar surface area (TPSA) is 92.5 Å². The van der Waals surface area contributed by atoms with Gasteiger partial charge in [-0.05, 0) is 24.6 Å². The number of sulfonamides is 1. The molecule has 0 aliphatic carbocycles. The van der Waals surface area contributed by atoms with E-state index >= 15 is 0 Å². The zero-order valence-electron chi connectivity index (χ0n) is 13.5.